The summed E-state index contributed by atoms with van der Waals surface area (Å²) >= 11 is 0. The summed E-state index contributed by atoms with van der Waals surface area (Å²) in [4.78, 5) is 32.8. The van der Waals surface area contributed by atoms with Crippen LogP contribution in [0.4, 0.5) is 5.95 Å². The van der Waals surface area contributed by atoms with E-state index in [1.165, 1.54) is 4.68 Å². The first kappa shape index (κ1) is 16.5. The molecule has 10 nitrogen and oxygen atoms in total. The van der Waals surface area contributed by atoms with Gasteiger partial charge in [0.25, 0.3) is 5.56 Å². The number of carbonyl (C=O) groups is 1. The van der Waals surface area contributed by atoms with Crippen molar-refractivity contribution < 1.29 is 4.79 Å². The molecule has 134 valence electrons. The van der Waals surface area contributed by atoms with Crippen molar-refractivity contribution in [2.24, 2.45) is 0 Å². The number of H-pyrrole nitrogens is 1. The predicted octanol–water partition coefficient (Wildman–Crippen LogP) is 1.00. The van der Waals surface area contributed by atoms with Crippen molar-refractivity contribution >= 4 is 22.8 Å². The Hall–Kier alpha value is -3.95. The highest BCUT2D eigenvalue weighted by Gasteiger charge is 2.11. The topological polar surface area (TPSA) is 131 Å². The highest BCUT2D eigenvalue weighted by atomic mass is 16.2. The second kappa shape index (κ2) is 7.12. The number of amides is 1. The lowest BCUT2D eigenvalue weighted by atomic mass is 10.2. The minimum atomic E-state index is -0.344. The molecule has 0 unspecified atom stereocenters. The number of carbonyl (C=O) groups excluding carboxylic acids is 1. The monoisotopic (exact) mass is 362 g/mol. The summed E-state index contributed by atoms with van der Waals surface area (Å²) in [6, 6.07) is 12.3. The predicted molar refractivity (Wildman–Crippen MR) is 96.7 cm³/mol. The lowest BCUT2D eigenvalue weighted by molar-refractivity contribution is -0.116. The molecule has 0 aliphatic carbocycles. The molecule has 0 saturated heterocycles. The van der Waals surface area contributed by atoms with E-state index in [0.717, 1.165) is 0 Å². The molecule has 0 bridgehead atoms. The SMILES string of the molecule is O=C(CCn1nnc2ccccc2c1=O)Nc1n[nH]c(-c2ccccn2)n1. The molecule has 0 aliphatic rings. The van der Waals surface area contributed by atoms with E-state index in [2.05, 4.69) is 35.8 Å². The van der Waals surface area contributed by atoms with Crippen LogP contribution < -0.4 is 10.9 Å². The quantitative estimate of drug-likeness (QED) is 0.541. The van der Waals surface area contributed by atoms with Gasteiger partial charge in [-0.25, -0.2) is 4.68 Å². The van der Waals surface area contributed by atoms with Crippen molar-refractivity contribution in [1.29, 1.82) is 0 Å². The molecule has 0 saturated carbocycles. The van der Waals surface area contributed by atoms with E-state index in [-0.39, 0.29) is 30.4 Å². The summed E-state index contributed by atoms with van der Waals surface area (Å²) in [5, 5.41) is 17.5. The third-order valence-electron chi connectivity index (χ3n) is 3.82. The van der Waals surface area contributed by atoms with Gasteiger partial charge in [0.05, 0.1) is 11.9 Å². The fourth-order valence-corrected chi connectivity index (χ4v) is 2.50. The lowest BCUT2D eigenvalue weighted by Crippen LogP contribution is -2.26. The average Bonchev–Trinajstić information content (AvgIpc) is 3.17. The summed E-state index contributed by atoms with van der Waals surface area (Å²) in [6.45, 7) is 0.0972. The molecule has 4 aromatic rings. The maximum atomic E-state index is 12.4. The van der Waals surface area contributed by atoms with Gasteiger partial charge in [0, 0.05) is 12.6 Å². The molecule has 3 aromatic heterocycles. The van der Waals surface area contributed by atoms with Gasteiger partial charge in [-0.1, -0.05) is 23.4 Å². The Labute approximate surface area is 152 Å². The first-order chi connectivity index (χ1) is 13.2. The number of hydrogen-bond donors (Lipinski definition) is 2. The third-order valence-corrected chi connectivity index (χ3v) is 3.82. The molecule has 0 aliphatic heterocycles. The van der Waals surface area contributed by atoms with Gasteiger partial charge in [-0.2, -0.15) is 4.98 Å². The number of pyridine rings is 1. The second-order valence-corrected chi connectivity index (χ2v) is 5.66. The third kappa shape index (κ3) is 3.54. The minimum Gasteiger partial charge on any atom is -0.293 e. The van der Waals surface area contributed by atoms with E-state index in [9.17, 15) is 9.59 Å². The highest BCUT2D eigenvalue weighted by molar-refractivity contribution is 5.89. The van der Waals surface area contributed by atoms with Gasteiger partial charge in [-0.05, 0) is 24.3 Å². The zero-order chi connectivity index (χ0) is 18.6. The van der Waals surface area contributed by atoms with Crippen LogP contribution in [-0.2, 0) is 11.3 Å². The van der Waals surface area contributed by atoms with Crippen LogP contribution in [0.15, 0.2) is 53.5 Å². The summed E-state index contributed by atoms with van der Waals surface area (Å²) in [5.74, 6) is 0.239. The number of anilines is 1. The standard InChI is InChI=1S/C17H14N8O2/c26-14(19-17-20-15(22-23-17)13-7-3-4-9-18-13)8-10-25-16(27)11-5-1-2-6-12(11)21-24-25/h1-7,9H,8,10H2,(H2,19,20,22,23,26). The molecule has 27 heavy (non-hydrogen) atoms. The van der Waals surface area contributed by atoms with E-state index in [1.54, 1.807) is 42.6 Å². The largest absolute Gasteiger partial charge is 0.293 e. The fraction of sp³-hybridized carbons (Fsp3) is 0.118. The van der Waals surface area contributed by atoms with Gasteiger partial charge in [0.2, 0.25) is 11.9 Å². The van der Waals surface area contributed by atoms with E-state index in [1.807, 2.05) is 6.07 Å². The van der Waals surface area contributed by atoms with Gasteiger partial charge < -0.3 is 0 Å². The maximum Gasteiger partial charge on any atom is 0.277 e. The second-order valence-electron chi connectivity index (χ2n) is 5.66. The number of fused-ring (bicyclic) bond motifs is 1. The first-order valence-electron chi connectivity index (χ1n) is 8.17. The molecule has 3 heterocycles. The van der Waals surface area contributed by atoms with E-state index in [0.29, 0.717) is 22.4 Å². The van der Waals surface area contributed by atoms with Crippen LogP contribution >= 0.6 is 0 Å². The molecule has 1 aromatic carbocycles. The van der Waals surface area contributed by atoms with Crippen molar-refractivity contribution in [1.82, 2.24) is 35.2 Å². The molecule has 0 atom stereocenters. The van der Waals surface area contributed by atoms with Crippen LogP contribution in [0.5, 0.6) is 0 Å². The van der Waals surface area contributed by atoms with Crippen molar-refractivity contribution in [3.8, 4) is 11.5 Å². The molecule has 0 fully saturated rings. The zero-order valence-electron chi connectivity index (χ0n) is 14.0. The number of hydrogen-bond acceptors (Lipinski definition) is 7. The first-order valence-corrected chi connectivity index (χ1v) is 8.17. The van der Waals surface area contributed by atoms with Gasteiger partial charge in [-0.15, -0.1) is 10.2 Å². The zero-order valence-corrected chi connectivity index (χ0v) is 14.0. The molecular formula is C17H14N8O2. The summed E-state index contributed by atoms with van der Waals surface area (Å²) in [6.07, 6.45) is 1.67. The fourth-order valence-electron chi connectivity index (χ4n) is 2.50. The smallest absolute Gasteiger partial charge is 0.277 e. The molecule has 4 rings (SSSR count). The minimum absolute atomic E-state index is 0.0282. The van der Waals surface area contributed by atoms with Crippen molar-refractivity contribution in [3.05, 3.63) is 59.0 Å². The van der Waals surface area contributed by atoms with Crippen molar-refractivity contribution in [2.75, 3.05) is 5.32 Å². The van der Waals surface area contributed by atoms with E-state index in [4.69, 9.17) is 0 Å². The number of aromatic nitrogens is 7. The van der Waals surface area contributed by atoms with Gasteiger partial charge >= 0.3 is 0 Å². The van der Waals surface area contributed by atoms with Crippen LogP contribution in [0.1, 0.15) is 6.42 Å². The Bertz CT molecular complexity index is 1150. The molecular weight excluding hydrogens is 348 g/mol. The lowest BCUT2D eigenvalue weighted by Gasteiger charge is -2.04. The van der Waals surface area contributed by atoms with E-state index >= 15 is 0 Å². The van der Waals surface area contributed by atoms with Crippen LogP contribution in [0.3, 0.4) is 0 Å². The van der Waals surface area contributed by atoms with Crippen LogP contribution in [0.2, 0.25) is 0 Å². The number of aryl methyl sites for hydroxylation is 1. The molecule has 0 radical (unpaired) electrons. The average molecular weight is 362 g/mol. The summed E-state index contributed by atoms with van der Waals surface area (Å²) < 4.78 is 1.17. The van der Waals surface area contributed by atoms with Gasteiger partial charge in [-0.3, -0.25) is 25.0 Å². The number of aromatic amines is 1. The molecule has 2 N–H and O–H groups in total. The van der Waals surface area contributed by atoms with Crippen LogP contribution in [-0.4, -0.2) is 41.1 Å². The Morgan fingerprint density at radius 3 is 2.85 bits per heavy atom. The summed E-state index contributed by atoms with van der Waals surface area (Å²) in [5.41, 5.74) is 0.846. The van der Waals surface area contributed by atoms with Crippen molar-refractivity contribution in [2.45, 2.75) is 13.0 Å². The van der Waals surface area contributed by atoms with Crippen LogP contribution in [0, 0.1) is 0 Å². The maximum absolute atomic E-state index is 12.4. The normalized spacial score (nSPS) is 10.8. The van der Waals surface area contributed by atoms with Crippen LogP contribution in [0.25, 0.3) is 22.4 Å². The number of nitrogens with one attached hydrogen (secondary N) is 2. The Balaban J connectivity index is 1.41. The van der Waals surface area contributed by atoms with Gasteiger partial charge in [0.1, 0.15) is 11.2 Å². The molecule has 0 spiro atoms. The van der Waals surface area contributed by atoms with Gasteiger partial charge in [0.15, 0.2) is 5.82 Å². The highest BCUT2D eigenvalue weighted by Crippen LogP contribution is 2.12. The number of rotatable bonds is 5. The van der Waals surface area contributed by atoms with Crippen molar-refractivity contribution in [3.63, 3.8) is 0 Å². The number of nitrogens with zero attached hydrogens (tertiary/aromatic N) is 6. The number of benzene rings is 1. The molecule has 1 amide bonds. The molecule has 10 heteroatoms. The Morgan fingerprint density at radius 1 is 1.15 bits per heavy atom. The Kier molecular flexibility index (Phi) is 4.35. The Morgan fingerprint density at radius 2 is 2.00 bits per heavy atom. The van der Waals surface area contributed by atoms with E-state index < -0.39 is 0 Å². The summed E-state index contributed by atoms with van der Waals surface area (Å²) in [7, 11) is 0.